The Hall–Kier alpha value is -1.93. The summed E-state index contributed by atoms with van der Waals surface area (Å²) in [5.74, 6) is 0.0261. The van der Waals surface area contributed by atoms with E-state index in [9.17, 15) is 4.79 Å². The number of nitrogens with zero attached hydrogens (tertiary/aromatic N) is 5. The van der Waals surface area contributed by atoms with Crippen molar-refractivity contribution in [1.29, 1.82) is 0 Å². The van der Waals surface area contributed by atoms with E-state index < -0.39 is 0 Å². The van der Waals surface area contributed by atoms with Crippen LogP contribution in [0.25, 0.3) is 10.2 Å². The third-order valence-electron chi connectivity index (χ3n) is 4.83. The molecule has 1 saturated heterocycles. The highest BCUT2D eigenvalue weighted by molar-refractivity contribution is 9.10. The summed E-state index contributed by atoms with van der Waals surface area (Å²) in [6.07, 6.45) is 5.46. The molecule has 1 aromatic carbocycles. The van der Waals surface area contributed by atoms with Gasteiger partial charge in [0.25, 0.3) is 5.91 Å². The van der Waals surface area contributed by atoms with Gasteiger partial charge >= 0.3 is 0 Å². The van der Waals surface area contributed by atoms with Gasteiger partial charge in [-0.3, -0.25) is 9.48 Å². The van der Waals surface area contributed by atoms with Gasteiger partial charge in [-0.15, -0.1) is 0 Å². The van der Waals surface area contributed by atoms with Gasteiger partial charge in [0.2, 0.25) is 0 Å². The smallest absolute Gasteiger partial charge is 0.257 e. The van der Waals surface area contributed by atoms with Gasteiger partial charge in [-0.1, -0.05) is 27.3 Å². The van der Waals surface area contributed by atoms with Crippen molar-refractivity contribution in [1.82, 2.24) is 19.7 Å². The topological polar surface area (TPSA) is 54.3 Å². The maximum atomic E-state index is 12.7. The first-order valence-corrected chi connectivity index (χ1v) is 10.2. The summed E-state index contributed by atoms with van der Waals surface area (Å²) in [5, 5.41) is 5.14. The molecule has 6 nitrogen and oxygen atoms in total. The van der Waals surface area contributed by atoms with Crippen molar-refractivity contribution in [2.24, 2.45) is 7.05 Å². The number of halogens is 1. The van der Waals surface area contributed by atoms with Crippen LogP contribution in [0.3, 0.4) is 0 Å². The van der Waals surface area contributed by atoms with Crippen LogP contribution in [0, 0.1) is 0 Å². The van der Waals surface area contributed by atoms with Crippen molar-refractivity contribution in [3.8, 4) is 0 Å². The van der Waals surface area contributed by atoms with Crippen LogP contribution in [0.4, 0.5) is 5.13 Å². The molecule has 1 fully saturated rings. The lowest BCUT2D eigenvalue weighted by atomic mass is 10.0. The van der Waals surface area contributed by atoms with E-state index in [0.29, 0.717) is 5.56 Å². The molecule has 0 N–H and O–H groups in total. The number of piperidine rings is 1. The van der Waals surface area contributed by atoms with Crippen molar-refractivity contribution in [3.05, 3.63) is 40.6 Å². The zero-order chi connectivity index (χ0) is 18.3. The number of aryl methyl sites for hydroxylation is 1. The highest BCUT2D eigenvalue weighted by Gasteiger charge is 2.28. The highest BCUT2D eigenvalue weighted by Crippen LogP contribution is 2.32. The standard InChI is InChI=1S/C18H20BrN5OS/c1-22-10-12(9-20-22)17(25)23(2)14-4-3-7-24(11-14)18-21-15-6-5-13(19)8-16(15)26-18/h5-6,8-10,14H,3-4,7,11H2,1-2H3. The number of thiazole rings is 1. The number of hydrogen-bond donors (Lipinski definition) is 0. The summed E-state index contributed by atoms with van der Waals surface area (Å²) in [4.78, 5) is 21.7. The molecule has 8 heteroatoms. The highest BCUT2D eigenvalue weighted by atomic mass is 79.9. The Bertz CT molecular complexity index is 952. The summed E-state index contributed by atoms with van der Waals surface area (Å²) in [6, 6.07) is 6.34. The predicted molar refractivity (Wildman–Crippen MR) is 108 cm³/mol. The molecule has 1 atom stereocenters. The molecule has 3 aromatic rings. The molecule has 2 aromatic heterocycles. The van der Waals surface area contributed by atoms with Crippen LogP contribution in [-0.4, -0.2) is 51.8 Å². The van der Waals surface area contributed by atoms with E-state index in [-0.39, 0.29) is 11.9 Å². The van der Waals surface area contributed by atoms with E-state index in [4.69, 9.17) is 4.98 Å². The van der Waals surface area contributed by atoms with Crippen molar-refractivity contribution in [2.75, 3.05) is 25.0 Å². The van der Waals surface area contributed by atoms with Gasteiger partial charge in [0.15, 0.2) is 5.13 Å². The molecule has 0 saturated carbocycles. The number of carbonyl (C=O) groups excluding carboxylic acids is 1. The minimum absolute atomic E-state index is 0.0261. The lowest BCUT2D eigenvalue weighted by molar-refractivity contribution is 0.0717. The third kappa shape index (κ3) is 3.35. The summed E-state index contributed by atoms with van der Waals surface area (Å²) in [6.45, 7) is 1.79. The molecule has 3 heterocycles. The van der Waals surface area contributed by atoms with Gasteiger partial charge in [-0.05, 0) is 31.0 Å². The van der Waals surface area contributed by atoms with Crippen LogP contribution < -0.4 is 4.90 Å². The number of fused-ring (bicyclic) bond motifs is 1. The fraction of sp³-hybridized carbons (Fsp3) is 0.389. The van der Waals surface area contributed by atoms with Crippen LogP contribution in [0.5, 0.6) is 0 Å². The summed E-state index contributed by atoms with van der Waals surface area (Å²) >= 11 is 5.23. The average Bonchev–Trinajstić information content (AvgIpc) is 3.26. The average molecular weight is 434 g/mol. The second-order valence-corrected chi connectivity index (χ2v) is 8.59. The molecule has 0 spiro atoms. The third-order valence-corrected chi connectivity index (χ3v) is 6.40. The van der Waals surface area contributed by atoms with Gasteiger partial charge in [0, 0.05) is 43.9 Å². The maximum absolute atomic E-state index is 12.7. The lowest BCUT2D eigenvalue weighted by Crippen LogP contribution is -2.48. The van der Waals surface area contributed by atoms with Crippen LogP contribution >= 0.6 is 27.3 Å². The van der Waals surface area contributed by atoms with Gasteiger partial charge in [-0.25, -0.2) is 4.98 Å². The summed E-state index contributed by atoms with van der Waals surface area (Å²) in [5.41, 5.74) is 1.66. The molecule has 0 bridgehead atoms. The fourth-order valence-corrected chi connectivity index (χ4v) is 4.92. The number of carbonyl (C=O) groups is 1. The summed E-state index contributed by atoms with van der Waals surface area (Å²) < 4.78 is 3.91. The fourth-order valence-electron chi connectivity index (χ4n) is 3.37. The molecule has 0 radical (unpaired) electrons. The molecule has 1 unspecified atom stereocenters. The Morgan fingerprint density at radius 2 is 2.27 bits per heavy atom. The Labute approximate surface area is 164 Å². The monoisotopic (exact) mass is 433 g/mol. The Morgan fingerprint density at radius 3 is 3.04 bits per heavy atom. The molecule has 1 aliphatic heterocycles. The first kappa shape index (κ1) is 17.5. The molecule has 4 rings (SSSR count). The SMILES string of the molecule is CN(C(=O)c1cnn(C)c1)C1CCCN(c2nc3ccc(Br)cc3s2)C1. The second-order valence-electron chi connectivity index (χ2n) is 6.67. The van der Waals surface area contributed by atoms with E-state index in [0.717, 1.165) is 41.1 Å². The zero-order valence-corrected chi connectivity index (χ0v) is 17.1. The van der Waals surface area contributed by atoms with E-state index in [2.05, 4.69) is 32.0 Å². The van der Waals surface area contributed by atoms with E-state index in [1.165, 1.54) is 4.70 Å². The number of benzene rings is 1. The number of aromatic nitrogens is 3. The Morgan fingerprint density at radius 1 is 1.42 bits per heavy atom. The lowest BCUT2D eigenvalue weighted by Gasteiger charge is -2.37. The van der Waals surface area contributed by atoms with Crippen molar-refractivity contribution < 1.29 is 4.79 Å². The van der Waals surface area contributed by atoms with Crippen molar-refractivity contribution >= 4 is 48.5 Å². The van der Waals surface area contributed by atoms with Crippen LogP contribution in [-0.2, 0) is 7.05 Å². The first-order chi connectivity index (χ1) is 12.5. The van der Waals surface area contributed by atoms with Gasteiger partial charge < -0.3 is 9.80 Å². The molecular formula is C18H20BrN5OS. The van der Waals surface area contributed by atoms with E-state index in [1.807, 2.05) is 31.1 Å². The van der Waals surface area contributed by atoms with Crippen molar-refractivity contribution in [3.63, 3.8) is 0 Å². The number of amides is 1. The normalized spacial score (nSPS) is 17.7. The quantitative estimate of drug-likeness (QED) is 0.633. The second kappa shape index (κ2) is 7.00. The zero-order valence-electron chi connectivity index (χ0n) is 14.7. The van der Waals surface area contributed by atoms with Gasteiger partial charge in [-0.2, -0.15) is 5.10 Å². The molecule has 136 valence electrons. The molecule has 26 heavy (non-hydrogen) atoms. The Balaban J connectivity index is 1.52. The molecular weight excluding hydrogens is 414 g/mol. The largest absolute Gasteiger partial charge is 0.346 e. The van der Waals surface area contributed by atoms with Crippen LogP contribution in [0.2, 0.25) is 0 Å². The molecule has 1 aliphatic rings. The number of likely N-dealkylation sites (N-methyl/N-ethyl adjacent to an activating group) is 1. The number of anilines is 1. The minimum Gasteiger partial charge on any atom is -0.346 e. The maximum Gasteiger partial charge on any atom is 0.257 e. The summed E-state index contributed by atoms with van der Waals surface area (Å²) in [7, 11) is 3.71. The minimum atomic E-state index is 0.0261. The predicted octanol–water partition coefficient (Wildman–Crippen LogP) is 3.53. The van der Waals surface area contributed by atoms with Crippen molar-refractivity contribution in [2.45, 2.75) is 18.9 Å². The van der Waals surface area contributed by atoms with Crippen LogP contribution in [0.1, 0.15) is 23.2 Å². The van der Waals surface area contributed by atoms with E-state index in [1.54, 1.807) is 28.4 Å². The molecule has 0 aliphatic carbocycles. The number of hydrogen-bond acceptors (Lipinski definition) is 5. The van der Waals surface area contributed by atoms with E-state index >= 15 is 0 Å². The van der Waals surface area contributed by atoms with Crippen LogP contribution in [0.15, 0.2) is 35.1 Å². The molecule has 1 amide bonds. The number of rotatable bonds is 3. The first-order valence-electron chi connectivity index (χ1n) is 8.58. The Kier molecular flexibility index (Phi) is 4.71. The van der Waals surface area contributed by atoms with Gasteiger partial charge in [0.1, 0.15) is 0 Å². The van der Waals surface area contributed by atoms with Gasteiger partial charge in [0.05, 0.1) is 22.0 Å².